The van der Waals surface area contributed by atoms with Crippen LogP contribution in [0.25, 0.3) is 0 Å². The van der Waals surface area contributed by atoms with E-state index in [0.29, 0.717) is 28.4 Å². The molecule has 0 unspecified atom stereocenters. The first-order valence-electron chi connectivity index (χ1n) is 7.52. The Morgan fingerprint density at radius 1 is 1.16 bits per heavy atom. The number of carbonyl (C=O) groups excluding carboxylic acids is 1. The quantitative estimate of drug-likeness (QED) is 0.575. The molecule has 0 aliphatic carbocycles. The van der Waals surface area contributed by atoms with Crippen molar-refractivity contribution in [1.82, 2.24) is 9.97 Å². The second-order valence-corrected chi connectivity index (χ2v) is 5.97. The minimum Gasteiger partial charge on any atom is -0.497 e. The van der Waals surface area contributed by atoms with E-state index in [1.807, 2.05) is 12.1 Å². The number of benzene rings is 1. The highest BCUT2D eigenvalue weighted by Gasteiger charge is 2.35. The number of hydrogen-bond donors (Lipinski definition) is 3. The first-order chi connectivity index (χ1) is 12.0. The topological polar surface area (TPSA) is 96.2 Å². The van der Waals surface area contributed by atoms with Crippen LogP contribution < -0.4 is 15.6 Å². The molecule has 3 rings (SSSR count). The number of aromatic nitrogens is 2. The van der Waals surface area contributed by atoms with Crippen LogP contribution in [0.2, 0.25) is 0 Å². The first kappa shape index (κ1) is 17.0. The number of anilines is 1. The van der Waals surface area contributed by atoms with E-state index in [4.69, 9.17) is 21.7 Å². The average molecular weight is 359 g/mol. The Hall–Kier alpha value is -2.87. The van der Waals surface area contributed by atoms with Crippen molar-refractivity contribution in [2.75, 3.05) is 19.5 Å². The number of ether oxygens (including phenoxy) is 2. The van der Waals surface area contributed by atoms with E-state index in [1.54, 1.807) is 26.2 Å². The summed E-state index contributed by atoms with van der Waals surface area (Å²) in [5.41, 5.74) is 1.75. The van der Waals surface area contributed by atoms with Crippen LogP contribution >= 0.6 is 12.2 Å². The number of fused-ring (bicyclic) bond motifs is 1. The van der Waals surface area contributed by atoms with Crippen molar-refractivity contribution in [3.8, 4) is 5.75 Å². The molecule has 130 valence electrons. The third kappa shape index (κ3) is 2.96. The lowest BCUT2D eigenvalue weighted by molar-refractivity contribution is -0.136. The molecule has 0 radical (unpaired) electrons. The van der Waals surface area contributed by atoms with Gasteiger partial charge in [-0.2, -0.15) is 0 Å². The lowest BCUT2D eigenvalue weighted by Crippen LogP contribution is -2.30. The average Bonchev–Trinajstić information content (AvgIpc) is 2.59. The highest BCUT2D eigenvalue weighted by Crippen LogP contribution is 2.39. The number of H-pyrrole nitrogens is 2. The monoisotopic (exact) mass is 359 g/mol. The van der Waals surface area contributed by atoms with Crippen molar-refractivity contribution in [2.24, 2.45) is 0 Å². The van der Waals surface area contributed by atoms with Gasteiger partial charge in [0.15, 0.2) is 4.77 Å². The van der Waals surface area contributed by atoms with Gasteiger partial charge in [0.05, 0.1) is 31.3 Å². The van der Waals surface area contributed by atoms with Crippen LogP contribution in [0.3, 0.4) is 0 Å². The van der Waals surface area contributed by atoms with E-state index in [0.717, 1.165) is 5.56 Å². The van der Waals surface area contributed by atoms with Gasteiger partial charge in [-0.15, -0.1) is 0 Å². The molecule has 1 aliphatic heterocycles. The number of allylic oxidation sites excluding steroid dienone is 1. The van der Waals surface area contributed by atoms with Crippen LogP contribution in [0, 0.1) is 4.77 Å². The second-order valence-electron chi connectivity index (χ2n) is 5.56. The van der Waals surface area contributed by atoms with Gasteiger partial charge in [-0.3, -0.25) is 9.78 Å². The van der Waals surface area contributed by atoms with E-state index in [9.17, 15) is 9.59 Å². The number of hydrogen-bond acceptors (Lipinski definition) is 6. The van der Waals surface area contributed by atoms with Crippen LogP contribution in [0.5, 0.6) is 5.75 Å². The highest BCUT2D eigenvalue weighted by atomic mass is 32.1. The molecule has 25 heavy (non-hydrogen) atoms. The van der Waals surface area contributed by atoms with Gasteiger partial charge in [0.2, 0.25) is 0 Å². The number of nitrogens with one attached hydrogen (secondary N) is 3. The van der Waals surface area contributed by atoms with Crippen molar-refractivity contribution in [3.63, 3.8) is 0 Å². The molecule has 1 aromatic carbocycles. The molecule has 1 aromatic heterocycles. The maximum Gasteiger partial charge on any atom is 0.336 e. The first-order valence-corrected chi connectivity index (χ1v) is 7.93. The maximum atomic E-state index is 12.6. The lowest BCUT2D eigenvalue weighted by atomic mass is 9.82. The van der Waals surface area contributed by atoms with E-state index in [2.05, 4.69) is 15.3 Å². The van der Waals surface area contributed by atoms with E-state index in [1.165, 1.54) is 7.11 Å². The summed E-state index contributed by atoms with van der Waals surface area (Å²) in [6.07, 6.45) is 0. The number of methoxy groups -OCH3 is 2. The molecule has 1 atom stereocenters. The number of aromatic amines is 2. The summed E-state index contributed by atoms with van der Waals surface area (Å²) in [5.74, 6) is 0.0582. The molecule has 3 N–H and O–H groups in total. The summed E-state index contributed by atoms with van der Waals surface area (Å²) in [7, 11) is 2.88. The van der Waals surface area contributed by atoms with Gasteiger partial charge in [-0.05, 0) is 36.8 Å². The minimum atomic E-state index is -0.592. The van der Waals surface area contributed by atoms with Gasteiger partial charge in [0.1, 0.15) is 11.6 Å². The highest BCUT2D eigenvalue weighted by molar-refractivity contribution is 7.71. The molecule has 8 heteroatoms. The largest absolute Gasteiger partial charge is 0.497 e. The van der Waals surface area contributed by atoms with Crippen molar-refractivity contribution < 1.29 is 14.3 Å². The number of esters is 1. The maximum absolute atomic E-state index is 12.6. The van der Waals surface area contributed by atoms with Gasteiger partial charge < -0.3 is 19.8 Å². The number of rotatable bonds is 3. The molecule has 0 saturated heterocycles. The van der Waals surface area contributed by atoms with Crippen molar-refractivity contribution in [3.05, 3.63) is 61.8 Å². The lowest BCUT2D eigenvalue weighted by Gasteiger charge is -2.28. The smallest absolute Gasteiger partial charge is 0.336 e. The Bertz CT molecular complexity index is 973. The zero-order valence-corrected chi connectivity index (χ0v) is 14.7. The molecular formula is C17H17N3O4S. The Morgan fingerprint density at radius 2 is 1.84 bits per heavy atom. The Balaban J connectivity index is 2.28. The molecule has 2 aromatic rings. The van der Waals surface area contributed by atoms with Crippen molar-refractivity contribution in [2.45, 2.75) is 12.8 Å². The fraction of sp³-hybridized carbons (Fsp3) is 0.235. The van der Waals surface area contributed by atoms with Crippen LogP contribution in [-0.4, -0.2) is 30.2 Å². The summed E-state index contributed by atoms with van der Waals surface area (Å²) in [6, 6.07) is 7.19. The van der Waals surface area contributed by atoms with Gasteiger partial charge in [0, 0.05) is 5.70 Å². The molecular weight excluding hydrogens is 342 g/mol. The summed E-state index contributed by atoms with van der Waals surface area (Å²) in [5, 5.41) is 3.04. The molecule has 0 amide bonds. The fourth-order valence-electron chi connectivity index (χ4n) is 3.00. The summed E-state index contributed by atoms with van der Waals surface area (Å²) in [4.78, 5) is 30.5. The fourth-order valence-corrected chi connectivity index (χ4v) is 3.19. The molecule has 2 heterocycles. The summed E-state index contributed by atoms with van der Waals surface area (Å²) >= 11 is 5.04. The van der Waals surface area contributed by atoms with Crippen LogP contribution in [0.15, 0.2) is 40.3 Å². The zero-order valence-electron chi connectivity index (χ0n) is 13.9. The molecule has 0 bridgehead atoms. The van der Waals surface area contributed by atoms with E-state index >= 15 is 0 Å². The van der Waals surface area contributed by atoms with Crippen molar-refractivity contribution in [1.29, 1.82) is 0 Å². The molecule has 1 aliphatic rings. The standard InChI is InChI=1S/C17H17N3O4S/c1-8-11(16(22)24-3)12(9-4-6-10(23-2)7-5-9)13-14(18-8)19-17(25)20-15(13)21/h4-7,12H,1-3H3,(H3,18,19,20,21,25)/t12-/m1/s1. The molecule has 0 fully saturated rings. The summed E-state index contributed by atoms with van der Waals surface area (Å²) in [6.45, 7) is 1.75. The zero-order chi connectivity index (χ0) is 18.1. The third-order valence-electron chi connectivity index (χ3n) is 4.13. The third-order valence-corrected chi connectivity index (χ3v) is 4.33. The second kappa shape index (κ2) is 6.56. The van der Waals surface area contributed by atoms with Gasteiger partial charge in [-0.1, -0.05) is 12.1 Å². The van der Waals surface area contributed by atoms with Crippen LogP contribution in [-0.2, 0) is 9.53 Å². The van der Waals surface area contributed by atoms with Gasteiger partial charge in [0.25, 0.3) is 5.56 Å². The van der Waals surface area contributed by atoms with Crippen molar-refractivity contribution >= 4 is 24.0 Å². The van der Waals surface area contributed by atoms with Crippen LogP contribution in [0.4, 0.5) is 5.82 Å². The number of carbonyl (C=O) groups is 1. The SMILES string of the molecule is COC(=O)C1=C(C)Nc2[nH]c(=S)[nH]c(=O)c2[C@@H]1c1ccc(OC)cc1. The van der Waals surface area contributed by atoms with Crippen LogP contribution in [0.1, 0.15) is 24.0 Å². The normalized spacial score (nSPS) is 16.0. The predicted octanol–water partition coefficient (Wildman–Crippen LogP) is 2.45. The Kier molecular flexibility index (Phi) is 4.45. The predicted molar refractivity (Wildman–Crippen MR) is 95.4 cm³/mol. The van der Waals surface area contributed by atoms with Gasteiger partial charge in [-0.25, -0.2) is 4.79 Å². The minimum absolute atomic E-state index is 0.207. The van der Waals surface area contributed by atoms with E-state index < -0.39 is 11.9 Å². The molecule has 0 saturated carbocycles. The Labute approximate surface area is 148 Å². The Morgan fingerprint density at radius 3 is 2.44 bits per heavy atom. The molecule has 0 spiro atoms. The van der Waals surface area contributed by atoms with E-state index in [-0.39, 0.29) is 10.3 Å². The van der Waals surface area contributed by atoms with Gasteiger partial charge >= 0.3 is 5.97 Å². The summed E-state index contributed by atoms with van der Waals surface area (Å²) < 4.78 is 10.3. The molecule has 7 nitrogen and oxygen atoms in total.